The fourth-order valence-corrected chi connectivity index (χ4v) is 4.32. The van der Waals surface area contributed by atoms with Crippen molar-refractivity contribution in [3.8, 4) is 0 Å². The van der Waals surface area contributed by atoms with Gasteiger partial charge in [0.2, 0.25) is 10.0 Å². The molecule has 7 nitrogen and oxygen atoms in total. The highest BCUT2D eigenvalue weighted by Crippen LogP contribution is 2.19. The first-order valence-corrected chi connectivity index (χ1v) is 11.2. The lowest BCUT2D eigenvalue weighted by atomic mass is 10.1. The first-order valence-electron chi connectivity index (χ1n) is 9.74. The minimum absolute atomic E-state index is 0.0130. The van der Waals surface area contributed by atoms with Crippen LogP contribution in [0.4, 0.5) is 8.78 Å². The molecule has 2 aromatic rings. The van der Waals surface area contributed by atoms with Gasteiger partial charge in [0.25, 0.3) is 11.8 Å². The van der Waals surface area contributed by atoms with Crippen LogP contribution in [0.1, 0.15) is 40.1 Å². The van der Waals surface area contributed by atoms with Crippen LogP contribution in [-0.2, 0) is 10.0 Å². The molecule has 0 aliphatic heterocycles. The number of nitrogens with one attached hydrogen (secondary N) is 2. The molecule has 0 aliphatic carbocycles. The molecule has 0 heterocycles. The number of hydrogen-bond donors (Lipinski definition) is 2. The van der Waals surface area contributed by atoms with Gasteiger partial charge in [-0.2, -0.15) is 4.31 Å². The number of benzene rings is 2. The molecule has 10 heteroatoms. The van der Waals surface area contributed by atoms with Crippen LogP contribution in [0.25, 0.3) is 0 Å². The minimum Gasteiger partial charge on any atom is -0.350 e. The number of carbonyl (C=O) groups is 2. The van der Waals surface area contributed by atoms with Gasteiger partial charge in [0, 0.05) is 31.7 Å². The van der Waals surface area contributed by atoms with Crippen LogP contribution in [0.15, 0.2) is 41.3 Å². The minimum atomic E-state index is -3.85. The number of nitrogens with zero attached hydrogens (tertiary/aromatic N) is 1. The van der Waals surface area contributed by atoms with Crippen LogP contribution in [-0.4, -0.2) is 50.7 Å². The average molecular weight is 454 g/mol. The maximum Gasteiger partial charge on any atom is 0.254 e. The number of halogens is 2. The topological polar surface area (TPSA) is 95.6 Å². The summed E-state index contributed by atoms with van der Waals surface area (Å²) in [6.07, 6.45) is 0. The van der Waals surface area contributed by atoms with E-state index in [0.29, 0.717) is 5.56 Å². The van der Waals surface area contributed by atoms with Gasteiger partial charge in [0.1, 0.15) is 11.6 Å². The van der Waals surface area contributed by atoms with Crippen LogP contribution in [0.2, 0.25) is 0 Å². The van der Waals surface area contributed by atoms with E-state index in [1.807, 2.05) is 0 Å². The molecule has 2 N–H and O–H groups in total. The van der Waals surface area contributed by atoms with Gasteiger partial charge in [0.15, 0.2) is 0 Å². The van der Waals surface area contributed by atoms with Gasteiger partial charge in [-0.05, 0) is 42.8 Å². The fraction of sp³-hybridized carbons (Fsp3) is 0.333. The molecule has 0 aliphatic rings. The number of sulfonamides is 1. The van der Waals surface area contributed by atoms with Crippen molar-refractivity contribution in [1.82, 2.24) is 14.9 Å². The average Bonchev–Trinajstić information content (AvgIpc) is 2.73. The monoisotopic (exact) mass is 453 g/mol. The molecule has 168 valence electrons. The quantitative estimate of drug-likeness (QED) is 0.570. The first-order chi connectivity index (χ1) is 14.6. The molecule has 0 radical (unpaired) electrons. The van der Waals surface area contributed by atoms with Gasteiger partial charge in [0.05, 0.1) is 10.5 Å². The third-order valence-corrected chi connectivity index (χ3v) is 6.70. The molecule has 31 heavy (non-hydrogen) atoms. The Morgan fingerprint density at radius 2 is 1.52 bits per heavy atom. The number of amides is 2. The van der Waals surface area contributed by atoms with Gasteiger partial charge in [-0.15, -0.1) is 0 Å². The van der Waals surface area contributed by atoms with E-state index in [9.17, 15) is 26.8 Å². The van der Waals surface area contributed by atoms with E-state index in [-0.39, 0.29) is 36.6 Å². The maximum absolute atomic E-state index is 14.1. The summed E-state index contributed by atoms with van der Waals surface area (Å²) in [5.41, 5.74) is 0.131. The first kappa shape index (κ1) is 24.4. The Kier molecular flexibility index (Phi) is 8.23. The molecule has 0 aromatic heterocycles. The fourth-order valence-electron chi connectivity index (χ4n) is 2.83. The zero-order chi connectivity index (χ0) is 23.2. The predicted octanol–water partition coefficient (Wildman–Crippen LogP) is 2.46. The van der Waals surface area contributed by atoms with Crippen molar-refractivity contribution < 1.29 is 26.8 Å². The summed E-state index contributed by atoms with van der Waals surface area (Å²) in [6.45, 7) is 5.39. The van der Waals surface area contributed by atoms with Crippen molar-refractivity contribution in [2.24, 2.45) is 0 Å². The van der Waals surface area contributed by atoms with Crippen molar-refractivity contribution in [2.75, 3.05) is 26.2 Å². The van der Waals surface area contributed by atoms with Crippen LogP contribution in [0, 0.1) is 18.6 Å². The molecule has 0 atom stereocenters. The second-order valence-electron chi connectivity index (χ2n) is 6.71. The molecule has 2 aromatic carbocycles. The van der Waals surface area contributed by atoms with Crippen molar-refractivity contribution >= 4 is 21.8 Å². The summed E-state index contributed by atoms with van der Waals surface area (Å²) in [4.78, 5) is 24.2. The lowest BCUT2D eigenvalue weighted by Crippen LogP contribution is -2.35. The molecule has 0 unspecified atom stereocenters. The third-order valence-electron chi connectivity index (χ3n) is 4.66. The molecular formula is C21H25F2N3O4S. The van der Waals surface area contributed by atoms with Crippen LogP contribution in [0.5, 0.6) is 0 Å². The summed E-state index contributed by atoms with van der Waals surface area (Å²) in [7, 11) is -3.85. The highest BCUT2D eigenvalue weighted by atomic mass is 32.2. The number of aryl methyl sites for hydroxylation is 1. The summed E-state index contributed by atoms with van der Waals surface area (Å²) in [5, 5.41) is 4.94. The van der Waals surface area contributed by atoms with E-state index in [1.165, 1.54) is 16.4 Å². The Labute approximate surface area is 180 Å². The molecular weight excluding hydrogens is 428 g/mol. The smallest absolute Gasteiger partial charge is 0.254 e. The lowest BCUT2D eigenvalue weighted by molar-refractivity contribution is 0.0925. The summed E-state index contributed by atoms with van der Waals surface area (Å²) in [5.74, 6) is -2.71. The molecule has 0 bridgehead atoms. The Balaban J connectivity index is 2.01. The third kappa shape index (κ3) is 5.86. The normalized spacial score (nSPS) is 11.4. The SMILES string of the molecule is CCN(CC)S(=O)(=O)c1ccc(F)c(C(=O)NCCNC(=O)c2ccc(C)c(F)c2)c1. The van der Waals surface area contributed by atoms with Crippen LogP contribution in [0.3, 0.4) is 0 Å². The zero-order valence-corrected chi connectivity index (χ0v) is 18.4. The predicted molar refractivity (Wildman–Crippen MR) is 112 cm³/mol. The zero-order valence-electron chi connectivity index (χ0n) is 17.5. The Morgan fingerprint density at radius 1 is 0.903 bits per heavy atom. The van der Waals surface area contributed by atoms with E-state index in [0.717, 1.165) is 24.3 Å². The molecule has 0 saturated carbocycles. The van der Waals surface area contributed by atoms with Crippen LogP contribution < -0.4 is 10.6 Å². The van der Waals surface area contributed by atoms with E-state index < -0.39 is 39.0 Å². The second-order valence-corrected chi connectivity index (χ2v) is 8.64. The number of hydrogen-bond acceptors (Lipinski definition) is 4. The molecule has 2 amide bonds. The largest absolute Gasteiger partial charge is 0.350 e. The highest BCUT2D eigenvalue weighted by molar-refractivity contribution is 7.89. The van der Waals surface area contributed by atoms with E-state index in [4.69, 9.17) is 0 Å². The van der Waals surface area contributed by atoms with E-state index in [1.54, 1.807) is 20.8 Å². The van der Waals surface area contributed by atoms with Gasteiger partial charge >= 0.3 is 0 Å². The summed E-state index contributed by atoms with van der Waals surface area (Å²) >= 11 is 0. The van der Waals surface area contributed by atoms with E-state index >= 15 is 0 Å². The maximum atomic E-state index is 14.1. The van der Waals surface area contributed by atoms with Crippen molar-refractivity contribution in [1.29, 1.82) is 0 Å². The Morgan fingerprint density at radius 3 is 2.10 bits per heavy atom. The Hall–Kier alpha value is -2.85. The molecule has 0 spiro atoms. The van der Waals surface area contributed by atoms with Gasteiger partial charge in [-0.25, -0.2) is 17.2 Å². The van der Waals surface area contributed by atoms with Crippen LogP contribution >= 0.6 is 0 Å². The van der Waals surface area contributed by atoms with Gasteiger partial charge in [-0.1, -0.05) is 19.9 Å². The van der Waals surface area contributed by atoms with E-state index in [2.05, 4.69) is 10.6 Å². The number of rotatable bonds is 9. The number of carbonyl (C=O) groups excluding carboxylic acids is 2. The molecule has 0 saturated heterocycles. The van der Waals surface area contributed by atoms with Crippen molar-refractivity contribution in [2.45, 2.75) is 25.7 Å². The summed E-state index contributed by atoms with van der Waals surface area (Å²) < 4.78 is 54.1. The second kappa shape index (κ2) is 10.5. The van der Waals surface area contributed by atoms with Gasteiger partial charge < -0.3 is 10.6 Å². The highest BCUT2D eigenvalue weighted by Gasteiger charge is 2.24. The Bertz CT molecular complexity index is 1070. The van der Waals surface area contributed by atoms with Crippen molar-refractivity contribution in [3.05, 3.63) is 64.7 Å². The molecule has 2 rings (SSSR count). The standard InChI is InChI=1S/C21H25F2N3O4S/c1-4-26(5-2)31(29,30)16-8-9-18(22)17(13-16)21(28)25-11-10-24-20(27)15-7-6-14(3)19(23)12-15/h6-9,12-13H,4-5,10-11H2,1-3H3,(H,24,27)(H,25,28). The molecule has 0 fully saturated rings. The van der Waals surface area contributed by atoms with Gasteiger partial charge in [-0.3, -0.25) is 9.59 Å². The lowest BCUT2D eigenvalue weighted by Gasteiger charge is -2.19. The van der Waals surface area contributed by atoms with Crippen molar-refractivity contribution in [3.63, 3.8) is 0 Å². The summed E-state index contributed by atoms with van der Waals surface area (Å²) in [6, 6.07) is 7.10.